The van der Waals surface area contributed by atoms with E-state index in [0.29, 0.717) is 25.8 Å². The van der Waals surface area contributed by atoms with Crippen LogP contribution in [-0.2, 0) is 4.79 Å². The molecule has 4 aromatic rings. The zero-order valence-corrected chi connectivity index (χ0v) is 30.4. The molecule has 4 saturated heterocycles. The molecule has 4 atom stereocenters. The molecule has 0 radical (unpaired) electrons. The van der Waals surface area contributed by atoms with Crippen molar-refractivity contribution < 1.29 is 36.6 Å². The van der Waals surface area contributed by atoms with Gasteiger partial charge in [0.25, 0.3) is 5.92 Å². The summed E-state index contributed by atoms with van der Waals surface area (Å²) in [5.74, 6) is -6.21. The van der Waals surface area contributed by atoms with E-state index in [1.165, 1.54) is 17.0 Å². The van der Waals surface area contributed by atoms with Crippen LogP contribution in [0.2, 0.25) is 5.02 Å². The zero-order valence-electron chi connectivity index (χ0n) is 28.9. The Morgan fingerprint density at radius 2 is 1.94 bits per heavy atom. The molecule has 2 aromatic carbocycles. The Morgan fingerprint density at radius 3 is 2.69 bits per heavy atom. The van der Waals surface area contributed by atoms with Crippen LogP contribution < -0.4 is 15.4 Å². The van der Waals surface area contributed by atoms with E-state index in [1.807, 2.05) is 11.0 Å². The summed E-state index contributed by atoms with van der Waals surface area (Å²) in [6.45, 7) is 1.92. The molecule has 284 valence electrons. The molecule has 1 aliphatic carbocycles. The third kappa shape index (κ3) is 5.64. The Hall–Kier alpha value is -4.04. The van der Waals surface area contributed by atoms with Crippen LogP contribution in [0.3, 0.4) is 0 Å². The maximum atomic E-state index is 17.2. The first-order valence-corrected chi connectivity index (χ1v) is 19.1. The number of benzene rings is 2. The fourth-order valence-corrected chi connectivity index (χ4v) is 10.6. The van der Waals surface area contributed by atoms with Crippen LogP contribution in [0.4, 0.5) is 32.8 Å². The predicted molar refractivity (Wildman–Crippen MR) is 192 cm³/mol. The van der Waals surface area contributed by atoms with Crippen LogP contribution >= 0.6 is 22.9 Å². The number of nitrogens with two attached hydrogens (primary N) is 1. The number of amides is 1. The molecule has 1 spiro atoms. The maximum Gasteiger partial charge on any atom is 0.319 e. The number of nitriles is 1. The molecule has 9 rings (SSSR count). The lowest BCUT2D eigenvalue weighted by atomic mass is 9.75. The van der Waals surface area contributed by atoms with Gasteiger partial charge in [0.05, 0.1) is 26.9 Å². The highest BCUT2D eigenvalue weighted by Gasteiger charge is 2.64. The van der Waals surface area contributed by atoms with Crippen LogP contribution in [0.5, 0.6) is 6.01 Å². The molecular weight excluding hydrogens is 753 g/mol. The number of halogens is 6. The molecule has 1 saturated carbocycles. The van der Waals surface area contributed by atoms with Crippen molar-refractivity contribution in [1.29, 1.82) is 5.26 Å². The van der Waals surface area contributed by atoms with E-state index in [4.69, 9.17) is 27.1 Å². The molecule has 5 fully saturated rings. The van der Waals surface area contributed by atoms with Crippen molar-refractivity contribution >= 4 is 60.7 Å². The van der Waals surface area contributed by atoms with Crippen molar-refractivity contribution in [2.75, 3.05) is 56.5 Å². The van der Waals surface area contributed by atoms with E-state index in [0.717, 1.165) is 30.4 Å². The summed E-state index contributed by atoms with van der Waals surface area (Å²) in [5, 5.41) is 21.2. The second-order valence-electron chi connectivity index (χ2n) is 15.7. The average molecular weight is 788 g/mol. The zero-order chi connectivity index (χ0) is 37.9. The number of carbonyl (C=O) groups excluding carboxylic acids is 1. The largest absolute Gasteiger partial charge is 0.461 e. The number of aliphatic hydroxyl groups is 1. The summed E-state index contributed by atoms with van der Waals surface area (Å²) in [6.07, 6.45) is 0.226. The van der Waals surface area contributed by atoms with Crippen molar-refractivity contribution in [3.63, 3.8) is 0 Å². The Bertz CT molecular complexity index is 2280. The van der Waals surface area contributed by atoms with E-state index in [9.17, 15) is 32.7 Å². The topological polar surface area (TPSA) is 132 Å². The third-order valence-electron chi connectivity index (χ3n) is 12.0. The lowest BCUT2D eigenvalue weighted by Crippen LogP contribution is -2.63. The highest BCUT2D eigenvalue weighted by Crippen LogP contribution is 2.52. The number of fused-ring (bicyclic) bond motifs is 3. The molecule has 5 aliphatic rings. The first-order chi connectivity index (χ1) is 25.7. The Balaban J connectivity index is 1.15. The number of aliphatic hydroxyl groups excluding tert-OH is 1. The van der Waals surface area contributed by atoms with E-state index >= 15 is 4.39 Å². The Morgan fingerprint density at radius 1 is 1.17 bits per heavy atom. The number of hydrogen-bond acceptors (Lipinski definition) is 10. The van der Waals surface area contributed by atoms with Crippen LogP contribution in [0.15, 0.2) is 18.2 Å². The van der Waals surface area contributed by atoms with Gasteiger partial charge in [-0.05, 0) is 49.9 Å². The van der Waals surface area contributed by atoms with Gasteiger partial charge in [-0.2, -0.15) is 15.2 Å². The number of carbonyl (C=O) groups is 1. The maximum absolute atomic E-state index is 17.2. The van der Waals surface area contributed by atoms with Crippen molar-refractivity contribution in [2.45, 2.75) is 62.3 Å². The smallest absolute Gasteiger partial charge is 0.319 e. The van der Waals surface area contributed by atoms with Gasteiger partial charge in [-0.1, -0.05) is 17.7 Å². The summed E-state index contributed by atoms with van der Waals surface area (Å²) in [7, 11) is 0. The third-order valence-corrected chi connectivity index (χ3v) is 13.3. The van der Waals surface area contributed by atoms with Crippen molar-refractivity contribution in [3.8, 4) is 23.2 Å². The average Bonchev–Trinajstić information content (AvgIpc) is 3.30. The van der Waals surface area contributed by atoms with Crippen molar-refractivity contribution in [3.05, 3.63) is 40.4 Å². The molecule has 4 aliphatic heterocycles. The molecule has 6 heterocycles. The number of aromatic nitrogens is 2. The molecule has 1 unspecified atom stereocenters. The number of likely N-dealkylation sites (tertiary alicyclic amines) is 1. The number of alkyl halides is 3. The SMILES string of the molecule is N#Cc1c(N)sc2c(F)ccc(-c3c(Cl)cc4c(N5CCC(O)CC6(CN(C(=O)[C@@H]7CC7(F)F)C6)C5)nc(OC[C@@]56CCCN5C[C@H](F)C6)nc4c3F)c12. The second-order valence-corrected chi connectivity index (χ2v) is 17.1. The van der Waals surface area contributed by atoms with Gasteiger partial charge in [0, 0.05) is 67.3 Å². The van der Waals surface area contributed by atoms with Gasteiger partial charge in [0.15, 0.2) is 5.82 Å². The summed E-state index contributed by atoms with van der Waals surface area (Å²) in [6, 6.07) is 5.81. The van der Waals surface area contributed by atoms with Crippen LogP contribution in [-0.4, -0.2) is 100 Å². The second kappa shape index (κ2) is 12.5. The van der Waals surface area contributed by atoms with Crippen LogP contribution in [0.25, 0.3) is 32.1 Å². The Kier molecular flexibility index (Phi) is 8.24. The van der Waals surface area contributed by atoms with Gasteiger partial charge in [0.2, 0.25) is 5.91 Å². The van der Waals surface area contributed by atoms with E-state index in [2.05, 4.69) is 9.88 Å². The minimum Gasteiger partial charge on any atom is -0.461 e. The summed E-state index contributed by atoms with van der Waals surface area (Å²) < 4.78 is 80.7. The molecule has 2 aromatic heterocycles. The number of nitrogens with zero attached hydrogens (tertiary/aromatic N) is 6. The monoisotopic (exact) mass is 787 g/mol. The molecule has 3 N–H and O–H groups in total. The van der Waals surface area contributed by atoms with E-state index in [1.54, 1.807) is 0 Å². The lowest BCUT2D eigenvalue weighted by Gasteiger charge is -2.52. The summed E-state index contributed by atoms with van der Waals surface area (Å²) >= 11 is 7.75. The first kappa shape index (κ1) is 35.6. The van der Waals surface area contributed by atoms with Crippen LogP contribution in [0.1, 0.15) is 44.1 Å². The highest BCUT2D eigenvalue weighted by atomic mass is 35.5. The van der Waals surface area contributed by atoms with Gasteiger partial charge in [-0.3, -0.25) is 9.69 Å². The number of hydrogen-bond donors (Lipinski definition) is 2. The van der Waals surface area contributed by atoms with E-state index in [-0.39, 0.29) is 98.7 Å². The number of ether oxygens (including phenoxy) is 1. The number of nitrogen functional groups attached to an aromatic ring is 1. The fraction of sp³-hybridized carbons (Fsp3) is 0.514. The van der Waals surface area contributed by atoms with Gasteiger partial charge >= 0.3 is 6.01 Å². The number of rotatable bonds is 6. The van der Waals surface area contributed by atoms with Gasteiger partial charge < -0.3 is 25.4 Å². The quantitative estimate of drug-likeness (QED) is 0.216. The molecule has 10 nitrogen and oxygen atoms in total. The summed E-state index contributed by atoms with van der Waals surface area (Å²) in [5.41, 5.74) is 4.66. The number of thiophene rings is 1. The van der Waals surface area contributed by atoms with Crippen molar-refractivity contribution in [2.24, 2.45) is 11.3 Å². The van der Waals surface area contributed by atoms with Crippen molar-refractivity contribution in [1.82, 2.24) is 19.8 Å². The van der Waals surface area contributed by atoms with Gasteiger partial charge in [-0.15, -0.1) is 11.3 Å². The minimum absolute atomic E-state index is 0.0116. The standard InChI is InChI=1S/C37H35ClF5N7O3S/c38-24-8-21-29(28(41)27(24)20-2-3-25(40)30-26(20)22(12-44)31(45)54-30)46-34(53-17-36-5-1-6-50(36)13-18(39)9-36)47-32(21)48-7-4-19(51)10-35(14-48)15-49(16-35)33(52)23-11-37(23,42)43/h2-3,8,18-19,23,51H,1,4-7,9-11,13-17,45H2/t18-,19?,23+,36+/m1/s1. The van der Waals surface area contributed by atoms with Crippen LogP contribution in [0, 0.1) is 34.3 Å². The van der Waals surface area contributed by atoms with Gasteiger partial charge in [-0.25, -0.2) is 22.0 Å². The number of anilines is 2. The minimum atomic E-state index is -3.00. The highest BCUT2D eigenvalue weighted by molar-refractivity contribution is 7.23. The molecule has 1 amide bonds. The first-order valence-electron chi connectivity index (χ1n) is 17.9. The fourth-order valence-electron chi connectivity index (χ4n) is 9.35. The molecular formula is C37H35ClF5N7O3S. The molecule has 17 heteroatoms. The van der Waals surface area contributed by atoms with E-state index < -0.39 is 59.0 Å². The summed E-state index contributed by atoms with van der Waals surface area (Å²) in [4.78, 5) is 27.5. The molecule has 54 heavy (non-hydrogen) atoms. The molecule has 0 bridgehead atoms. The van der Waals surface area contributed by atoms with Gasteiger partial charge in [0.1, 0.15) is 46.9 Å². The lowest BCUT2D eigenvalue weighted by molar-refractivity contribution is -0.148. The normalized spacial score (nSPS) is 27.3. The predicted octanol–water partition coefficient (Wildman–Crippen LogP) is 6.30. The Labute approximate surface area is 315 Å².